The zero-order valence-electron chi connectivity index (χ0n) is 13.1. The molecule has 4 heteroatoms. The van der Waals surface area contributed by atoms with Crippen LogP contribution < -0.4 is 9.64 Å². The maximum absolute atomic E-state index is 6.17. The van der Waals surface area contributed by atoms with Gasteiger partial charge < -0.3 is 9.64 Å². The van der Waals surface area contributed by atoms with Crippen molar-refractivity contribution in [1.29, 1.82) is 0 Å². The van der Waals surface area contributed by atoms with Gasteiger partial charge >= 0.3 is 0 Å². The van der Waals surface area contributed by atoms with E-state index in [0.717, 1.165) is 22.2 Å². The maximum atomic E-state index is 6.17. The summed E-state index contributed by atoms with van der Waals surface area (Å²) in [5.41, 5.74) is 5.78. The van der Waals surface area contributed by atoms with Crippen LogP contribution in [0.15, 0.2) is 77.9 Å². The third-order valence-corrected chi connectivity index (χ3v) is 5.01. The van der Waals surface area contributed by atoms with Crippen LogP contribution in [0.2, 0.25) is 0 Å². The van der Waals surface area contributed by atoms with Gasteiger partial charge in [-0.2, -0.15) is 30.1 Å². The Morgan fingerprint density at radius 1 is 0.840 bits per heavy atom. The molecule has 3 aromatic rings. The van der Waals surface area contributed by atoms with Crippen LogP contribution >= 0.6 is 11.8 Å². The standard InChI is InChI=1S/C21H13NOS.Ir/c1-2-8-15(9-3-1)23-21-20-18-12-5-4-10-16(18)17-11-6-7-13-19(17)22(20)14-24-21;/h1-12,14H;/q-2;. The van der Waals surface area contributed by atoms with E-state index in [-0.39, 0.29) is 20.1 Å². The first-order valence-electron chi connectivity index (χ1n) is 7.79. The molecule has 2 nitrogen and oxygen atoms in total. The van der Waals surface area contributed by atoms with Crippen LogP contribution in [-0.2, 0) is 20.1 Å². The number of nitrogens with zero attached hydrogens (tertiary/aromatic N) is 1. The van der Waals surface area contributed by atoms with Gasteiger partial charge in [-0.25, -0.2) is 0 Å². The van der Waals surface area contributed by atoms with Gasteiger partial charge in [0.25, 0.3) is 0 Å². The molecule has 0 atom stereocenters. The number of para-hydroxylation sites is 2. The number of hydrogen-bond donors (Lipinski definition) is 0. The predicted octanol–water partition coefficient (Wildman–Crippen LogP) is 5.54. The van der Waals surface area contributed by atoms with Crippen LogP contribution in [-0.4, -0.2) is 0 Å². The molecule has 2 aliphatic rings. The first-order valence-corrected chi connectivity index (χ1v) is 8.67. The Bertz CT molecular complexity index is 955. The molecule has 0 fully saturated rings. The van der Waals surface area contributed by atoms with Gasteiger partial charge in [0.05, 0.1) is 5.70 Å². The summed E-state index contributed by atoms with van der Waals surface area (Å²) in [5.74, 6) is 2.95. The minimum absolute atomic E-state index is 0. The van der Waals surface area contributed by atoms with Gasteiger partial charge in [-0.05, 0) is 17.7 Å². The Balaban J connectivity index is 0.00000157. The summed E-state index contributed by atoms with van der Waals surface area (Å²) in [5, 5.41) is 0.900. The molecule has 2 aliphatic heterocycles. The Morgan fingerprint density at radius 3 is 2.40 bits per heavy atom. The second-order valence-corrected chi connectivity index (χ2v) is 6.44. The Labute approximate surface area is 164 Å². The molecule has 0 N–H and O–H groups in total. The smallest absolute Gasteiger partial charge is 0.152 e. The summed E-state index contributed by atoms with van der Waals surface area (Å²) in [6, 6.07) is 27.9. The van der Waals surface area contributed by atoms with E-state index in [0.29, 0.717) is 0 Å². The number of ether oxygens (including phenoxy) is 1. The van der Waals surface area contributed by atoms with Crippen molar-refractivity contribution in [2.45, 2.75) is 0 Å². The van der Waals surface area contributed by atoms with Crippen molar-refractivity contribution >= 4 is 23.1 Å². The SMILES string of the molecule is [Ir].[c-]1cccc2c1N1[CH-]SC(Oc3ccccc3)=C1c1ccccc1-2. The van der Waals surface area contributed by atoms with Gasteiger partial charge in [0.2, 0.25) is 0 Å². The molecule has 3 aromatic carbocycles. The fraction of sp³-hybridized carbons (Fsp3) is 0. The van der Waals surface area contributed by atoms with E-state index in [1.807, 2.05) is 42.5 Å². The van der Waals surface area contributed by atoms with Crippen LogP contribution in [0.5, 0.6) is 5.75 Å². The molecule has 0 aromatic heterocycles. The van der Waals surface area contributed by atoms with Crippen molar-refractivity contribution in [2.75, 3.05) is 4.90 Å². The van der Waals surface area contributed by atoms with E-state index in [4.69, 9.17) is 4.74 Å². The molecule has 125 valence electrons. The second kappa shape index (κ2) is 6.72. The van der Waals surface area contributed by atoms with E-state index < -0.39 is 0 Å². The van der Waals surface area contributed by atoms with E-state index >= 15 is 0 Å². The molecule has 25 heavy (non-hydrogen) atoms. The van der Waals surface area contributed by atoms with E-state index in [2.05, 4.69) is 47.2 Å². The molecule has 0 saturated carbocycles. The molecule has 0 saturated heterocycles. The zero-order valence-corrected chi connectivity index (χ0v) is 16.3. The monoisotopic (exact) mass is 520 g/mol. The summed E-state index contributed by atoms with van der Waals surface area (Å²) in [6.45, 7) is 0. The predicted molar refractivity (Wildman–Crippen MR) is 99.1 cm³/mol. The normalized spacial score (nSPS) is 14.3. The first kappa shape index (κ1) is 16.5. The molecule has 0 amide bonds. The quantitative estimate of drug-likeness (QED) is 0.413. The fourth-order valence-electron chi connectivity index (χ4n) is 3.15. The maximum Gasteiger partial charge on any atom is 0.152 e. The number of benzene rings is 3. The molecule has 5 rings (SSSR count). The van der Waals surface area contributed by atoms with Crippen molar-refractivity contribution in [2.24, 2.45) is 0 Å². The Hall–Kier alpha value is -2.00. The Kier molecular flexibility index (Phi) is 4.43. The van der Waals surface area contributed by atoms with Crippen molar-refractivity contribution in [1.82, 2.24) is 0 Å². The molecule has 0 spiro atoms. The summed E-state index contributed by atoms with van der Waals surface area (Å²) >= 11 is 1.61. The van der Waals surface area contributed by atoms with Crippen molar-refractivity contribution < 1.29 is 24.8 Å². The average molecular weight is 520 g/mol. The molecule has 0 aliphatic carbocycles. The van der Waals surface area contributed by atoms with Crippen LogP contribution in [0.25, 0.3) is 16.8 Å². The van der Waals surface area contributed by atoms with Gasteiger partial charge in [0.15, 0.2) is 5.09 Å². The summed E-state index contributed by atoms with van der Waals surface area (Å²) in [6.07, 6.45) is 0. The van der Waals surface area contributed by atoms with Crippen LogP contribution in [0, 0.1) is 11.9 Å². The Morgan fingerprint density at radius 2 is 1.56 bits per heavy atom. The summed E-state index contributed by atoms with van der Waals surface area (Å²) < 4.78 is 6.17. The third kappa shape index (κ3) is 2.71. The number of rotatable bonds is 2. The number of hydrogen-bond acceptors (Lipinski definition) is 3. The topological polar surface area (TPSA) is 12.5 Å². The fourth-order valence-corrected chi connectivity index (χ4v) is 4.03. The summed E-state index contributed by atoms with van der Waals surface area (Å²) in [4.78, 5) is 2.18. The zero-order chi connectivity index (χ0) is 15.9. The molecule has 0 unspecified atom stereocenters. The molecule has 0 bridgehead atoms. The van der Waals surface area contributed by atoms with Gasteiger partial charge in [-0.3, -0.25) is 11.8 Å². The van der Waals surface area contributed by atoms with Crippen LogP contribution in [0.4, 0.5) is 5.69 Å². The van der Waals surface area contributed by atoms with Gasteiger partial charge in [0, 0.05) is 20.1 Å². The number of anilines is 1. The molecule has 1 radical (unpaired) electrons. The van der Waals surface area contributed by atoms with E-state index in [1.54, 1.807) is 11.8 Å². The van der Waals surface area contributed by atoms with Gasteiger partial charge in [-0.15, -0.1) is 5.56 Å². The molecular formula is C21H13IrNOS-2. The van der Waals surface area contributed by atoms with Crippen LogP contribution in [0.1, 0.15) is 5.56 Å². The number of fused-ring (bicyclic) bond motifs is 6. The van der Waals surface area contributed by atoms with Gasteiger partial charge in [0.1, 0.15) is 5.75 Å². The minimum atomic E-state index is 0. The third-order valence-electron chi connectivity index (χ3n) is 4.20. The largest absolute Gasteiger partial charge is 0.500 e. The van der Waals surface area contributed by atoms with E-state index in [9.17, 15) is 0 Å². The second-order valence-electron chi connectivity index (χ2n) is 5.62. The van der Waals surface area contributed by atoms with Gasteiger partial charge in [-0.1, -0.05) is 53.7 Å². The molecule has 2 heterocycles. The van der Waals surface area contributed by atoms with Crippen molar-refractivity contribution in [3.05, 3.63) is 95.4 Å². The van der Waals surface area contributed by atoms with Crippen molar-refractivity contribution in [3.63, 3.8) is 0 Å². The summed E-state index contributed by atoms with van der Waals surface area (Å²) in [7, 11) is 0. The van der Waals surface area contributed by atoms with Crippen molar-refractivity contribution in [3.8, 4) is 16.9 Å². The first-order chi connectivity index (χ1) is 11.9. The van der Waals surface area contributed by atoms with E-state index in [1.165, 1.54) is 16.7 Å². The number of thioether (sulfide) groups is 1. The minimum Gasteiger partial charge on any atom is -0.500 e. The average Bonchev–Trinajstić information content (AvgIpc) is 3.07. The molecular weight excluding hydrogens is 507 g/mol. The van der Waals surface area contributed by atoms with Crippen LogP contribution in [0.3, 0.4) is 0 Å².